The van der Waals surface area contributed by atoms with E-state index in [-0.39, 0.29) is 5.56 Å². The van der Waals surface area contributed by atoms with E-state index in [0.717, 1.165) is 24.3 Å². The van der Waals surface area contributed by atoms with Crippen LogP contribution in [0, 0.1) is 23.7 Å². The van der Waals surface area contributed by atoms with Gasteiger partial charge in [0, 0.05) is 5.56 Å². The SMILES string of the molecule is C#Cc1ccc(O)cc1C(F)(F)F.CCCCCC.N#Cc1ccc(O)cc1C(F)(F)F. The van der Waals surface area contributed by atoms with Crippen LogP contribution in [0.5, 0.6) is 11.5 Å². The van der Waals surface area contributed by atoms with Gasteiger partial charge in [-0.05, 0) is 36.4 Å². The summed E-state index contributed by atoms with van der Waals surface area (Å²) >= 11 is 0. The van der Waals surface area contributed by atoms with Crippen LogP contribution in [-0.2, 0) is 12.4 Å². The van der Waals surface area contributed by atoms with Crippen LogP contribution in [0.1, 0.15) is 61.8 Å². The molecule has 0 spiro atoms. The summed E-state index contributed by atoms with van der Waals surface area (Å²) < 4.78 is 73.1. The van der Waals surface area contributed by atoms with Crippen molar-refractivity contribution in [1.82, 2.24) is 0 Å². The molecule has 32 heavy (non-hydrogen) atoms. The molecule has 0 saturated carbocycles. The van der Waals surface area contributed by atoms with Gasteiger partial charge in [0.05, 0.1) is 22.8 Å². The molecule has 0 aromatic heterocycles. The van der Waals surface area contributed by atoms with Crippen LogP contribution in [0.3, 0.4) is 0 Å². The average Bonchev–Trinajstić information content (AvgIpc) is 2.72. The van der Waals surface area contributed by atoms with E-state index in [1.165, 1.54) is 31.8 Å². The van der Waals surface area contributed by atoms with Crippen molar-refractivity contribution in [2.75, 3.05) is 0 Å². The van der Waals surface area contributed by atoms with E-state index in [1.807, 2.05) is 5.92 Å². The van der Waals surface area contributed by atoms with Crippen molar-refractivity contribution in [3.8, 4) is 29.9 Å². The van der Waals surface area contributed by atoms with Gasteiger partial charge in [-0.1, -0.05) is 45.5 Å². The second kappa shape index (κ2) is 13.2. The van der Waals surface area contributed by atoms with Crippen molar-refractivity contribution in [2.24, 2.45) is 0 Å². The fourth-order valence-electron chi connectivity index (χ4n) is 2.26. The highest BCUT2D eigenvalue weighted by atomic mass is 19.4. The van der Waals surface area contributed by atoms with Gasteiger partial charge in [0.1, 0.15) is 11.5 Å². The van der Waals surface area contributed by atoms with Crippen LogP contribution >= 0.6 is 0 Å². The van der Waals surface area contributed by atoms with Crippen LogP contribution in [0.4, 0.5) is 26.3 Å². The number of nitrogens with zero attached hydrogens (tertiary/aromatic N) is 1. The van der Waals surface area contributed by atoms with E-state index in [0.29, 0.717) is 12.1 Å². The van der Waals surface area contributed by atoms with E-state index >= 15 is 0 Å². The summed E-state index contributed by atoms with van der Waals surface area (Å²) in [5, 5.41) is 26.0. The summed E-state index contributed by atoms with van der Waals surface area (Å²) in [6.45, 7) is 4.46. The van der Waals surface area contributed by atoms with Gasteiger partial charge in [-0.15, -0.1) is 6.42 Å². The van der Waals surface area contributed by atoms with Crippen LogP contribution in [-0.4, -0.2) is 10.2 Å². The Kier molecular flexibility index (Phi) is 11.8. The lowest BCUT2D eigenvalue weighted by atomic mass is 10.1. The highest BCUT2D eigenvalue weighted by Gasteiger charge is 2.34. The maximum Gasteiger partial charge on any atom is 0.417 e. The maximum atomic E-state index is 12.2. The third-order valence-electron chi connectivity index (χ3n) is 3.85. The zero-order valence-corrected chi connectivity index (χ0v) is 17.5. The number of terminal acetylenes is 1. The minimum absolute atomic E-state index is 0.273. The lowest BCUT2D eigenvalue weighted by Gasteiger charge is -2.08. The number of hydrogen-bond acceptors (Lipinski definition) is 3. The number of aromatic hydroxyl groups is 2. The summed E-state index contributed by atoms with van der Waals surface area (Å²) in [5.74, 6) is 0.938. The Hall–Kier alpha value is -3.33. The molecule has 9 heteroatoms. The van der Waals surface area contributed by atoms with Crippen molar-refractivity contribution in [3.63, 3.8) is 0 Å². The van der Waals surface area contributed by atoms with Crippen LogP contribution in [0.2, 0.25) is 0 Å². The minimum atomic E-state index is -4.61. The Labute approximate surface area is 182 Å². The molecular formula is C23H23F6NO2. The number of halogens is 6. The van der Waals surface area contributed by atoms with Gasteiger partial charge < -0.3 is 10.2 Å². The number of hydrogen-bond donors (Lipinski definition) is 2. The lowest BCUT2D eigenvalue weighted by molar-refractivity contribution is -0.138. The number of phenolic OH excluding ortho intramolecular Hbond substituents is 2. The molecule has 0 saturated heterocycles. The zero-order chi connectivity index (χ0) is 24.9. The number of rotatable bonds is 3. The fourth-order valence-corrected chi connectivity index (χ4v) is 2.26. The number of unbranched alkanes of at least 4 members (excludes halogenated alkanes) is 3. The molecule has 2 rings (SSSR count). The van der Waals surface area contributed by atoms with Gasteiger partial charge >= 0.3 is 12.4 Å². The number of alkyl halides is 6. The predicted octanol–water partition coefficient (Wildman–Crippen LogP) is 7.26. The first-order valence-electron chi connectivity index (χ1n) is 9.48. The van der Waals surface area contributed by atoms with Crippen molar-refractivity contribution < 1.29 is 36.6 Å². The van der Waals surface area contributed by atoms with Gasteiger partial charge in [-0.2, -0.15) is 31.6 Å². The van der Waals surface area contributed by atoms with E-state index in [4.69, 9.17) is 21.9 Å². The van der Waals surface area contributed by atoms with Gasteiger partial charge in [0.25, 0.3) is 0 Å². The molecule has 0 unspecified atom stereocenters. The summed E-state index contributed by atoms with van der Waals surface area (Å²) in [4.78, 5) is 0. The molecule has 3 nitrogen and oxygen atoms in total. The lowest BCUT2D eigenvalue weighted by Crippen LogP contribution is -2.07. The van der Waals surface area contributed by atoms with Gasteiger partial charge in [-0.25, -0.2) is 0 Å². The summed E-state index contributed by atoms with van der Waals surface area (Å²) in [6.07, 6.45) is 1.27. The molecule has 2 aromatic carbocycles. The molecule has 0 aliphatic rings. The van der Waals surface area contributed by atoms with Crippen molar-refractivity contribution in [1.29, 1.82) is 5.26 Å². The Morgan fingerprint density at radius 3 is 1.47 bits per heavy atom. The molecule has 0 aliphatic carbocycles. The molecule has 0 heterocycles. The molecule has 0 radical (unpaired) electrons. The van der Waals surface area contributed by atoms with Crippen molar-refractivity contribution >= 4 is 0 Å². The Morgan fingerprint density at radius 1 is 0.781 bits per heavy atom. The minimum Gasteiger partial charge on any atom is -0.508 e. The predicted molar refractivity (Wildman–Crippen MR) is 109 cm³/mol. The smallest absolute Gasteiger partial charge is 0.417 e. The first kappa shape index (κ1) is 28.7. The number of benzene rings is 2. The van der Waals surface area contributed by atoms with Gasteiger partial charge in [0.2, 0.25) is 0 Å². The molecule has 0 atom stereocenters. The summed E-state index contributed by atoms with van der Waals surface area (Å²) in [5.41, 5.74) is -2.87. The third-order valence-corrected chi connectivity index (χ3v) is 3.85. The van der Waals surface area contributed by atoms with E-state index in [2.05, 4.69) is 13.8 Å². The second-order valence-corrected chi connectivity index (χ2v) is 6.42. The standard InChI is InChI=1S/C9H5F3O.C8H4F3NO.C6H14/c1-2-6-3-4-7(13)5-8(6)9(10,11)12;9-8(10,11)7-3-6(13)2-1-5(7)4-12;1-3-5-6-4-2/h1,3-5,13H;1-3,13H;3-6H2,1-2H3. The molecule has 2 aromatic rings. The number of nitriles is 1. The normalized spacial score (nSPS) is 10.6. The van der Waals surface area contributed by atoms with E-state index in [1.54, 1.807) is 0 Å². The van der Waals surface area contributed by atoms with Crippen molar-refractivity contribution in [3.05, 3.63) is 58.7 Å². The molecular weight excluding hydrogens is 436 g/mol. The van der Waals surface area contributed by atoms with Gasteiger partial charge in [0.15, 0.2) is 0 Å². The first-order valence-corrected chi connectivity index (χ1v) is 9.48. The molecule has 0 amide bonds. The number of phenols is 2. The molecule has 2 N–H and O–H groups in total. The topological polar surface area (TPSA) is 64.2 Å². The Balaban J connectivity index is 0.000000484. The Morgan fingerprint density at radius 2 is 1.16 bits per heavy atom. The van der Waals surface area contributed by atoms with E-state index < -0.39 is 40.5 Å². The quantitative estimate of drug-likeness (QED) is 0.288. The summed E-state index contributed by atoms with van der Waals surface area (Å²) in [6, 6.07) is 6.66. The Bertz CT molecular complexity index is 860. The summed E-state index contributed by atoms with van der Waals surface area (Å²) in [7, 11) is 0. The zero-order valence-electron chi connectivity index (χ0n) is 17.5. The van der Waals surface area contributed by atoms with Gasteiger partial charge in [-0.3, -0.25) is 0 Å². The third kappa shape index (κ3) is 10.1. The molecule has 0 bridgehead atoms. The molecule has 0 fully saturated rings. The molecule has 0 aliphatic heterocycles. The second-order valence-electron chi connectivity index (χ2n) is 6.42. The average molecular weight is 459 g/mol. The first-order chi connectivity index (χ1) is 14.8. The van der Waals surface area contributed by atoms with Crippen LogP contribution in [0.25, 0.3) is 0 Å². The van der Waals surface area contributed by atoms with Crippen LogP contribution in [0.15, 0.2) is 36.4 Å². The largest absolute Gasteiger partial charge is 0.508 e. The highest BCUT2D eigenvalue weighted by Crippen LogP contribution is 2.34. The van der Waals surface area contributed by atoms with Crippen molar-refractivity contribution in [2.45, 2.75) is 51.9 Å². The van der Waals surface area contributed by atoms with E-state index in [9.17, 15) is 26.3 Å². The molecule has 174 valence electrons. The highest BCUT2D eigenvalue weighted by molar-refractivity contribution is 5.45. The maximum absolute atomic E-state index is 12.2. The van der Waals surface area contributed by atoms with Crippen LogP contribution < -0.4 is 0 Å². The fraction of sp³-hybridized carbons (Fsp3) is 0.348. The monoisotopic (exact) mass is 459 g/mol.